The van der Waals surface area contributed by atoms with Crippen LogP contribution in [-0.2, 0) is 0 Å². The monoisotopic (exact) mass is 602 g/mol. The topological polar surface area (TPSA) is 19.7 Å². The maximum Gasteiger partial charge on any atom is 0.257 e. The molecule has 1 aromatic rings. The van der Waals surface area contributed by atoms with Gasteiger partial charge in [0.2, 0.25) is 0 Å². The zero-order chi connectivity index (χ0) is 31.1. The third kappa shape index (κ3) is 23.2. The third-order valence-corrected chi connectivity index (χ3v) is 10.1. The van der Waals surface area contributed by atoms with Crippen molar-refractivity contribution in [3.8, 4) is 0 Å². The lowest BCUT2D eigenvalue weighted by Gasteiger charge is -2.17. The summed E-state index contributed by atoms with van der Waals surface area (Å²) in [5.74, 6) is 2.25. The minimum atomic E-state index is 0.619. The zero-order valence-corrected chi connectivity index (χ0v) is 30.4. The summed E-state index contributed by atoms with van der Waals surface area (Å²) in [7, 11) is 0. The molecule has 0 aliphatic heterocycles. The number of nitrogens with one attached hydrogen (secondary N) is 1. The molecule has 0 fully saturated rings. The van der Waals surface area contributed by atoms with Gasteiger partial charge in [-0.15, -0.1) is 0 Å². The Kier molecular flexibility index (Phi) is 29.2. The van der Waals surface area contributed by atoms with Crippen molar-refractivity contribution in [2.24, 2.45) is 0 Å². The van der Waals surface area contributed by atoms with Crippen LogP contribution in [0, 0.1) is 0 Å². The first-order valence-electron chi connectivity index (χ1n) is 20.3. The molecule has 1 rings (SSSR count). The molecule has 2 heteroatoms. The van der Waals surface area contributed by atoms with Gasteiger partial charge in [0.15, 0.2) is 0 Å². The van der Waals surface area contributed by atoms with Gasteiger partial charge in [0.25, 0.3) is 5.82 Å². The quantitative estimate of drug-likeness (QED) is 0.0599. The third-order valence-electron chi connectivity index (χ3n) is 10.1. The molecular formula is C41H81N2+. The van der Waals surface area contributed by atoms with Gasteiger partial charge in [0.1, 0.15) is 12.4 Å². The van der Waals surface area contributed by atoms with Crippen molar-refractivity contribution < 1.29 is 4.57 Å². The predicted molar refractivity (Wildman–Crippen MR) is 193 cm³/mol. The highest BCUT2D eigenvalue weighted by molar-refractivity contribution is 4.90. The van der Waals surface area contributed by atoms with Crippen molar-refractivity contribution in [2.75, 3.05) is 0 Å². The van der Waals surface area contributed by atoms with E-state index in [1.807, 2.05) is 0 Å². The summed E-state index contributed by atoms with van der Waals surface area (Å²) in [6, 6.07) is 0.619. The van der Waals surface area contributed by atoms with Crippen molar-refractivity contribution in [3.63, 3.8) is 0 Å². The highest BCUT2D eigenvalue weighted by Crippen LogP contribution is 2.27. The van der Waals surface area contributed by atoms with Crippen LogP contribution >= 0.6 is 0 Å². The minimum Gasteiger partial charge on any atom is -0.247 e. The molecule has 0 amide bonds. The normalized spacial score (nSPS) is 13.1. The standard InChI is InChI=1S/C41H80N2/c1-5-8-11-14-17-19-21-22-24-27-30-33-36-40(35-32-29-25-16-13-10-7-3)41-42-37-38-43(41)39(4)34-31-28-26-23-20-18-15-12-9-6-2/h37-40H,5-36H2,1-4H3/p+1. The SMILES string of the molecule is CCCCCCCCCCCCCCC(CCCCCCCCC)c1[nH]cc[n+]1C(C)CCCCCCCCCCCC. The molecule has 0 aromatic carbocycles. The van der Waals surface area contributed by atoms with Gasteiger partial charge >= 0.3 is 0 Å². The van der Waals surface area contributed by atoms with Gasteiger partial charge in [-0.3, -0.25) is 0 Å². The molecule has 2 nitrogen and oxygen atoms in total. The molecule has 1 aromatic heterocycles. The number of aromatic amines is 1. The molecule has 0 radical (unpaired) electrons. The summed E-state index contributed by atoms with van der Waals surface area (Å²) in [4.78, 5) is 3.75. The van der Waals surface area contributed by atoms with Crippen molar-refractivity contribution in [1.29, 1.82) is 0 Å². The number of rotatable bonds is 34. The van der Waals surface area contributed by atoms with Gasteiger partial charge in [-0.2, -0.15) is 0 Å². The smallest absolute Gasteiger partial charge is 0.247 e. The average molecular weight is 602 g/mol. The van der Waals surface area contributed by atoms with E-state index in [9.17, 15) is 0 Å². The van der Waals surface area contributed by atoms with Crippen molar-refractivity contribution in [2.45, 2.75) is 245 Å². The summed E-state index contributed by atoms with van der Waals surface area (Å²) in [5.41, 5.74) is 0. The Balaban J connectivity index is 2.39. The lowest BCUT2D eigenvalue weighted by atomic mass is 9.92. The highest BCUT2D eigenvalue weighted by Gasteiger charge is 2.25. The van der Waals surface area contributed by atoms with Gasteiger partial charge in [0.05, 0.1) is 12.0 Å². The van der Waals surface area contributed by atoms with Crippen LogP contribution in [0.1, 0.15) is 251 Å². The van der Waals surface area contributed by atoms with Crippen LogP contribution in [0.4, 0.5) is 0 Å². The van der Waals surface area contributed by atoms with E-state index in [0.29, 0.717) is 12.0 Å². The lowest BCUT2D eigenvalue weighted by Crippen LogP contribution is -2.41. The number of nitrogens with zero attached hydrogens (tertiary/aromatic N) is 1. The fourth-order valence-electron chi connectivity index (χ4n) is 7.13. The number of hydrogen-bond acceptors (Lipinski definition) is 0. The molecule has 0 saturated heterocycles. The second-order valence-electron chi connectivity index (χ2n) is 14.4. The van der Waals surface area contributed by atoms with Crippen LogP contribution in [0.3, 0.4) is 0 Å². The van der Waals surface area contributed by atoms with Gasteiger partial charge < -0.3 is 0 Å². The Bertz CT molecular complexity index is 664. The number of imidazole rings is 1. The molecule has 254 valence electrons. The van der Waals surface area contributed by atoms with Crippen molar-refractivity contribution in [1.82, 2.24) is 4.98 Å². The fraction of sp³-hybridized carbons (Fsp3) is 0.927. The van der Waals surface area contributed by atoms with E-state index in [1.165, 1.54) is 211 Å². The summed E-state index contributed by atoms with van der Waals surface area (Å²) < 4.78 is 2.64. The van der Waals surface area contributed by atoms with E-state index in [4.69, 9.17) is 0 Å². The number of aromatic nitrogens is 2. The Morgan fingerprint density at radius 1 is 0.442 bits per heavy atom. The Labute approximate surface area is 272 Å². The van der Waals surface area contributed by atoms with E-state index in [2.05, 4.69) is 49.6 Å². The van der Waals surface area contributed by atoms with Crippen LogP contribution < -0.4 is 4.57 Å². The minimum absolute atomic E-state index is 0.619. The second kappa shape index (κ2) is 31.2. The Morgan fingerprint density at radius 2 is 0.744 bits per heavy atom. The van der Waals surface area contributed by atoms with E-state index in [0.717, 1.165) is 0 Å². The number of unbranched alkanes of at least 4 members (excludes halogenated alkanes) is 26. The summed E-state index contributed by atoms with van der Waals surface area (Å²) >= 11 is 0. The molecule has 2 atom stereocenters. The van der Waals surface area contributed by atoms with Crippen molar-refractivity contribution in [3.05, 3.63) is 18.2 Å². The molecule has 0 aliphatic rings. The molecule has 0 aliphatic carbocycles. The number of hydrogen-bond donors (Lipinski definition) is 1. The van der Waals surface area contributed by atoms with Crippen molar-refractivity contribution >= 4 is 0 Å². The number of H-pyrrole nitrogens is 1. The Morgan fingerprint density at radius 3 is 1.09 bits per heavy atom. The van der Waals surface area contributed by atoms with Gasteiger partial charge in [-0.05, 0) is 32.6 Å². The molecule has 0 spiro atoms. The average Bonchev–Trinajstić information content (AvgIpc) is 3.51. The van der Waals surface area contributed by atoms with Crippen LogP contribution in [0.15, 0.2) is 12.4 Å². The molecule has 0 bridgehead atoms. The summed E-state index contributed by atoms with van der Waals surface area (Å²) in [5, 5.41) is 0. The zero-order valence-electron chi connectivity index (χ0n) is 30.4. The van der Waals surface area contributed by atoms with E-state index >= 15 is 0 Å². The summed E-state index contributed by atoms with van der Waals surface area (Å²) in [6.07, 6.45) is 50.2. The van der Waals surface area contributed by atoms with Crippen LogP contribution in [0.5, 0.6) is 0 Å². The van der Waals surface area contributed by atoms with Gasteiger partial charge in [-0.25, -0.2) is 9.55 Å². The Hall–Kier alpha value is -0.790. The second-order valence-corrected chi connectivity index (χ2v) is 14.4. The van der Waals surface area contributed by atoms with E-state index in [1.54, 1.807) is 0 Å². The lowest BCUT2D eigenvalue weighted by molar-refractivity contribution is -0.727. The van der Waals surface area contributed by atoms with Crippen LogP contribution in [0.2, 0.25) is 0 Å². The first-order valence-corrected chi connectivity index (χ1v) is 20.3. The first kappa shape index (κ1) is 40.2. The van der Waals surface area contributed by atoms with E-state index < -0.39 is 0 Å². The predicted octanol–water partition coefficient (Wildman–Crippen LogP) is 14.5. The molecule has 43 heavy (non-hydrogen) atoms. The maximum absolute atomic E-state index is 3.75. The van der Waals surface area contributed by atoms with Crippen LogP contribution in [-0.4, -0.2) is 4.98 Å². The highest BCUT2D eigenvalue weighted by atomic mass is 15.1. The van der Waals surface area contributed by atoms with E-state index in [-0.39, 0.29) is 0 Å². The molecule has 1 heterocycles. The molecular weight excluding hydrogens is 520 g/mol. The van der Waals surface area contributed by atoms with Gasteiger partial charge in [0, 0.05) is 0 Å². The van der Waals surface area contributed by atoms with Crippen LogP contribution in [0.25, 0.3) is 0 Å². The fourth-order valence-corrected chi connectivity index (χ4v) is 7.13. The molecule has 2 unspecified atom stereocenters. The maximum atomic E-state index is 3.75. The largest absolute Gasteiger partial charge is 0.257 e. The van der Waals surface area contributed by atoms with Gasteiger partial charge in [-0.1, -0.05) is 201 Å². The first-order chi connectivity index (χ1) is 21.2. The molecule has 0 saturated carbocycles. The molecule has 1 N–H and O–H groups in total. The summed E-state index contributed by atoms with van der Waals surface area (Å²) in [6.45, 7) is 9.42.